The number of ether oxygens (including phenoxy) is 3. The van der Waals surface area contributed by atoms with Crippen LogP contribution in [0.2, 0.25) is 0 Å². The first-order chi connectivity index (χ1) is 12.7. The Kier molecular flexibility index (Phi) is 12.4. The van der Waals surface area contributed by atoms with E-state index in [1.807, 2.05) is 19.2 Å². The fraction of sp³-hybridized carbons (Fsp3) is 0.684. The van der Waals surface area contributed by atoms with Crippen LogP contribution >= 0.6 is 24.0 Å². The fourth-order valence-electron chi connectivity index (χ4n) is 2.99. The van der Waals surface area contributed by atoms with E-state index in [2.05, 4.69) is 27.2 Å². The molecule has 0 aromatic carbocycles. The number of methoxy groups -OCH3 is 1. The molecule has 1 aliphatic heterocycles. The van der Waals surface area contributed by atoms with Gasteiger partial charge in [0.25, 0.3) is 0 Å². The molecule has 1 aliphatic rings. The van der Waals surface area contributed by atoms with Gasteiger partial charge in [-0.05, 0) is 31.2 Å². The van der Waals surface area contributed by atoms with Gasteiger partial charge in [-0.3, -0.25) is 4.99 Å². The Morgan fingerprint density at radius 1 is 1.37 bits per heavy atom. The highest BCUT2D eigenvalue weighted by Gasteiger charge is 2.15. The standard InChI is InChI=1S/C19H32N4O3.HI/c1-20-19(23(2)10-6-16-7-11-25-12-8-16)22-15-17-5-4-9-21-18(17)26-14-13-24-3;/h4-5,9,16H,6-8,10-15H2,1-3H3,(H,20,22);1H. The molecule has 0 unspecified atom stereocenters. The molecule has 0 aliphatic carbocycles. The number of hydrogen-bond acceptors (Lipinski definition) is 5. The van der Waals surface area contributed by atoms with Gasteiger partial charge in [0.15, 0.2) is 5.96 Å². The Bertz CT molecular complexity index is 554. The van der Waals surface area contributed by atoms with Crippen molar-refractivity contribution in [3.05, 3.63) is 23.9 Å². The van der Waals surface area contributed by atoms with E-state index in [0.29, 0.717) is 25.6 Å². The van der Waals surface area contributed by atoms with E-state index in [4.69, 9.17) is 14.2 Å². The molecule has 0 bridgehead atoms. The van der Waals surface area contributed by atoms with Crippen LogP contribution in [-0.4, -0.2) is 70.0 Å². The number of rotatable bonds is 9. The molecule has 1 aromatic heterocycles. The van der Waals surface area contributed by atoms with Crippen molar-refractivity contribution in [1.82, 2.24) is 15.2 Å². The topological polar surface area (TPSA) is 68.2 Å². The van der Waals surface area contributed by atoms with Gasteiger partial charge in [0.05, 0.1) is 6.61 Å². The zero-order valence-corrected chi connectivity index (χ0v) is 19.0. The van der Waals surface area contributed by atoms with Crippen LogP contribution in [0.3, 0.4) is 0 Å². The lowest BCUT2D eigenvalue weighted by Gasteiger charge is -2.27. The van der Waals surface area contributed by atoms with Crippen molar-refractivity contribution in [3.63, 3.8) is 0 Å². The fourth-order valence-corrected chi connectivity index (χ4v) is 2.99. The van der Waals surface area contributed by atoms with Gasteiger partial charge in [0.1, 0.15) is 6.61 Å². The summed E-state index contributed by atoms with van der Waals surface area (Å²) in [5.74, 6) is 2.27. The first-order valence-corrected chi connectivity index (χ1v) is 9.29. The number of halogens is 1. The maximum Gasteiger partial charge on any atom is 0.218 e. The van der Waals surface area contributed by atoms with E-state index in [9.17, 15) is 0 Å². The maximum absolute atomic E-state index is 5.69. The summed E-state index contributed by atoms with van der Waals surface area (Å²) < 4.78 is 16.1. The van der Waals surface area contributed by atoms with Crippen LogP contribution in [-0.2, 0) is 16.0 Å². The number of pyridine rings is 1. The molecule has 1 aromatic rings. The Labute approximate surface area is 179 Å². The molecule has 7 nitrogen and oxygen atoms in total. The van der Waals surface area contributed by atoms with Crippen molar-refractivity contribution in [1.29, 1.82) is 0 Å². The number of hydrogen-bond donors (Lipinski definition) is 1. The summed E-state index contributed by atoms with van der Waals surface area (Å²) in [7, 11) is 5.55. The molecule has 0 spiro atoms. The molecule has 0 radical (unpaired) electrons. The van der Waals surface area contributed by atoms with Gasteiger partial charge in [0, 0.05) is 59.3 Å². The second-order valence-corrected chi connectivity index (χ2v) is 6.48. The lowest BCUT2D eigenvalue weighted by molar-refractivity contribution is 0.0625. The van der Waals surface area contributed by atoms with Crippen molar-refractivity contribution in [2.75, 3.05) is 54.2 Å². The number of aliphatic imine (C=N–C) groups is 1. The van der Waals surface area contributed by atoms with Gasteiger partial charge in [-0.1, -0.05) is 6.07 Å². The van der Waals surface area contributed by atoms with E-state index in [-0.39, 0.29) is 24.0 Å². The van der Waals surface area contributed by atoms with Crippen LogP contribution in [0.5, 0.6) is 5.88 Å². The average Bonchev–Trinajstić information content (AvgIpc) is 2.69. The minimum absolute atomic E-state index is 0. The van der Waals surface area contributed by atoms with E-state index in [0.717, 1.165) is 50.0 Å². The zero-order chi connectivity index (χ0) is 18.6. The van der Waals surface area contributed by atoms with Crippen LogP contribution in [0.1, 0.15) is 24.8 Å². The largest absolute Gasteiger partial charge is 0.475 e. The summed E-state index contributed by atoms with van der Waals surface area (Å²) in [5, 5.41) is 3.40. The molecule has 2 rings (SSSR count). The Morgan fingerprint density at radius 2 is 2.15 bits per heavy atom. The lowest BCUT2D eigenvalue weighted by atomic mass is 9.96. The van der Waals surface area contributed by atoms with Crippen LogP contribution < -0.4 is 10.1 Å². The van der Waals surface area contributed by atoms with Gasteiger partial charge in [-0.2, -0.15) is 0 Å². The van der Waals surface area contributed by atoms with E-state index < -0.39 is 0 Å². The van der Waals surface area contributed by atoms with Crippen LogP contribution in [0.25, 0.3) is 0 Å². The third-order valence-corrected chi connectivity index (χ3v) is 4.60. The van der Waals surface area contributed by atoms with Crippen LogP contribution in [0.4, 0.5) is 0 Å². The monoisotopic (exact) mass is 492 g/mol. The van der Waals surface area contributed by atoms with E-state index in [1.165, 1.54) is 6.42 Å². The van der Waals surface area contributed by atoms with Gasteiger partial charge in [-0.25, -0.2) is 4.98 Å². The van der Waals surface area contributed by atoms with E-state index >= 15 is 0 Å². The van der Waals surface area contributed by atoms with Crippen LogP contribution in [0, 0.1) is 5.92 Å². The highest BCUT2D eigenvalue weighted by atomic mass is 127. The molecule has 0 saturated carbocycles. The van der Waals surface area contributed by atoms with Gasteiger partial charge >= 0.3 is 0 Å². The van der Waals surface area contributed by atoms with Crippen molar-refractivity contribution in [2.24, 2.45) is 10.9 Å². The Balaban J connectivity index is 0.00000364. The Hall–Kier alpha value is -1.13. The molecule has 0 atom stereocenters. The number of guanidine groups is 1. The maximum atomic E-state index is 5.69. The number of nitrogens with one attached hydrogen (secondary N) is 1. The number of aromatic nitrogens is 1. The molecule has 1 fully saturated rings. The molecule has 0 amide bonds. The van der Waals surface area contributed by atoms with Crippen molar-refractivity contribution in [2.45, 2.75) is 25.8 Å². The lowest BCUT2D eigenvalue weighted by Crippen LogP contribution is -2.39. The molecule has 1 N–H and O–H groups in total. The molecular weight excluding hydrogens is 459 g/mol. The van der Waals surface area contributed by atoms with Gasteiger partial charge < -0.3 is 24.4 Å². The smallest absolute Gasteiger partial charge is 0.218 e. The minimum atomic E-state index is 0. The third kappa shape index (κ3) is 8.61. The molecule has 154 valence electrons. The molecule has 2 heterocycles. The summed E-state index contributed by atoms with van der Waals surface area (Å²) in [6.45, 7) is 4.42. The minimum Gasteiger partial charge on any atom is -0.475 e. The third-order valence-electron chi connectivity index (χ3n) is 4.60. The highest BCUT2D eigenvalue weighted by Crippen LogP contribution is 2.18. The second-order valence-electron chi connectivity index (χ2n) is 6.48. The van der Waals surface area contributed by atoms with E-state index in [1.54, 1.807) is 13.3 Å². The molecule has 8 heteroatoms. The van der Waals surface area contributed by atoms with Crippen molar-refractivity contribution >= 4 is 29.9 Å². The first kappa shape index (κ1) is 23.9. The van der Waals surface area contributed by atoms with Gasteiger partial charge in [0.2, 0.25) is 5.88 Å². The second kappa shape index (κ2) is 14.0. The summed E-state index contributed by atoms with van der Waals surface area (Å²) >= 11 is 0. The predicted octanol–water partition coefficient (Wildman–Crippen LogP) is 2.55. The highest BCUT2D eigenvalue weighted by molar-refractivity contribution is 14.0. The molecular formula is C19H33IN4O3. The predicted molar refractivity (Wildman–Crippen MR) is 118 cm³/mol. The summed E-state index contributed by atoms with van der Waals surface area (Å²) in [4.78, 5) is 10.9. The summed E-state index contributed by atoms with van der Waals surface area (Å²) in [6.07, 6.45) is 5.23. The summed E-state index contributed by atoms with van der Waals surface area (Å²) in [6, 6.07) is 3.93. The van der Waals surface area contributed by atoms with Gasteiger partial charge in [-0.15, -0.1) is 24.0 Å². The number of nitrogens with zero attached hydrogens (tertiary/aromatic N) is 3. The SMILES string of the molecule is CN=C(NCc1cccnc1OCCOC)N(C)CCC1CCOCC1.I. The van der Waals surface area contributed by atoms with Crippen molar-refractivity contribution in [3.8, 4) is 5.88 Å². The Morgan fingerprint density at radius 3 is 2.85 bits per heavy atom. The van der Waals surface area contributed by atoms with Crippen molar-refractivity contribution < 1.29 is 14.2 Å². The average molecular weight is 492 g/mol. The molecule has 1 saturated heterocycles. The zero-order valence-electron chi connectivity index (χ0n) is 16.6. The first-order valence-electron chi connectivity index (χ1n) is 9.29. The normalized spacial score (nSPS) is 15.1. The quantitative estimate of drug-likeness (QED) is 0.248. The molecule has 27 heavy (non-hydrogen) atoms. The summed E-state index contributed by atoms with van der Waals surface area (Å²) in [5.41, 5.74) is 1.00. The van der Waals surface area contributed by atoms with Crippen LogP contribution in [0.15, 0.2) is 23.3 Å².